The molecule has 0 saturated carbocycles. The summed E-state index contributed by atoms with van der Waals surface area (Å²) in [5, 5.41) is 13.7. The molecule has 4 rings (SSSR count). The minimum atomic E-state index is -4.96. The molecule has 218 valence electrons. The molecule has 1 fully saturated rings. The Bertz CT molecular complexity index is 1190. The van der Waals surface area contributed by atoms with Crippen molar-refractivity contribution in [2.75, 3.05) is 19.7 Å². The fourth-order valence-corrected chi connectivity index (χ4v) is 5.50. The highest BCUT2D eigenvalue weighted by atomic mass is 19.4. The zero-order valence-corrected chi connectivity index (χ0v) is 22.0. The van der Waals surface area contributed by atoms with Crippen molar-refractivity contribution >= 4 is 12.2 Å². The molecule has 40 heavy (non-hydrogen) atoms. The number of aliphatic hydroxyl groups is 1. The number of nitrogens with one attached hydrogen (secondary N) is 1. The molecule has 0 unspecified atom stereocenters. The van der Waals surface area contributed by atoms with Gasteiger partial charge in [-0.15, -0.1) is 0 Å². The van der Waals surface area contributed by atoms with Gasteiger partial charge in [-0.25, -0.2) is 0 Å². The van der Waals surface area contributed by atoms with Gasteiger partial charge in [0.05, 0.1) is 47.4 Å². The van der Waals surface area contributed by atoms with E-state index < -0.39 is 46.8 Å². The number of halogens is 6. The summed E-state index contributed by atoms with van der Waals surface area (Å²) < 4.78 is 86.4. The van der Waals surface area contributed by atoms with Gasteiger partial charge in [0, 0.05) is 6.54 Å². The Morgan fingerprint density at radius 3 is 2.12 bits per heavy atom. The number of piperidine rings is 1. The highest BCUT2D eigenvalue weighted by molar-refractivity contribution is 5.95. The average molecular weight is 572 g/mol. The number of aliphatic imine (C=N–C) groups is 1. The largest absolute Gasteiger partial charge is 0.416 e. The van der Waals surface area contributed by atoms with E-state index >= 15 is 0 Å². The number of hydrogen-bond donors (Lipinski definition) is 2. The number of carbonyl (C=O) groups is 1. The molecule has 0 aliphatic carbocycles. The molecule has 0 bridgehead atoms. The number of amides is 1. The number of hydrogen-bond acceptors (Lipinski definition) is 5. The highest BCUT2D eigenvalue weighted by Crippen LogP contribution is 2.42. The minimum absolute atomic E-state index is 0.0168. The molecule has 2 aromatic carbocycles. The van der Waals surface area contributed by atoms with Crippen LogP contribution in [0, 0.1) is 0 Å². The maximum atomic E-state index is 13.4. The van der Waals surface area contributed by atoms with Crippen molar-refractivity contribution in [1.82, 2.24) is 10.2 Å². The SMILES string of the molecule is C[C@H](O)C[C@]1(N2C=NCC2=O)CC[C@@](CO[C@H](C)c2cc(C(F)(F)F)cc(C(F)(F)F)c2)(c2ccccc2)NC1. The summed E-state index contributed by atoms with van der Waals surface area (Å²) in [4.78, 5) is 18.2. The van der Waals surface area contributed by atoms with Gasteiger partial charge in [0.2, 0.25) is 5.91 Å². The summed E-state index contributed by atoms with van der Waals surface area (Å²) in [6.07, 6.45) is -9.13. The first-order valence-corrected chi connectivity index (χ1v) is 12.9. The van der Waals surface area contributed by atoms with Crippen LogP contribution >= 0.6 is 0 Å². The molecule has 1 saturated heterocycles. The zero-order chi connectivity index (χ0) is 29.3. The molecule has 4 atom stereocenters. The van der Waals surface area contributed by atoms with Crippen LogP contribution in [0.25, 0.3) is 0 Å². The average Bonchev–Trinajstić information content (AvgIpc) is 3.33. The predicted molar refractivity (Wildman–Crippen MR) is 135 cm³/mol. The maximum absolute atomic E-state index is 13.4. The second-order valence-corrected chi connectivity index (χ2v) is 10.6. The first kappa shape index (κ1) is 30.0. The highest BCUT2D eigenvalue weighted by Gasteiger charge is 2.49. The molecule has 2 aliphatic heterocycles. The third-order valence-electron chi connectivity index (χ3n) is 7.64. The third-order valence-corrected chi connectivity index (χ3v) is 7.64. The van der Waals surface area contributed by atoms with Gasteiger partial charge < -0.3 is 15.2 Å². The van der Waals surface area contributed by atoms with Crippen molar-refractivity contribution in [3.05, 3.63) is 70.8 Å². The van der Waals surface area contributed by atoms with Gasteiger partial charge in [0.25, 0.3) is 0 Å². The Hall–Kier alpha value is -2.96. The molecule has 0 aromatic heterocycles. The van der Waals surface area contributed by atoms with Crippen LogP contribution in [-0.2, 0) is 27.4 Å². The first-order valence-electron chi connectivity index (χ1n) is 12.9. The quantitative estimate of drug-likeness (QED) is 0.413. The Kier molecular flexibility index (Phi) is 8.35. The van der Waals surface area contributed by atoms with E-state index in [1.807, 2.05) is 30.3 Å². The van der Waals surface area contributed by atoms with Crippen molar-refractivity contribution in [2.24, 2.45) is 4.99 Å². The molecule has 0 radical (unpaired) electrons. The Morgan fingerprint density at radius 1 is 1.02 bits per heavy atom. The number of alkyl halides is 6. The summed E-state index contributed by atoms with van der Waals surface area (Å²) >= 11 is 0. The van der Waals surface area contributed by atoms with E-state index in [1.165, 1.54) is 13.3 Å². The van der Waals surface area contributed by atoms with E-state index in [4.69, 9.17) is 4.74 Å². The maximum Gasteiger partial charge on any atom is 0.416 e. The lowest BCUT2D eigenvalue weighted by molar-refractivity contribution is -0.143. The van der Waals surface area contributed by atoms with E-state index in [2.05, 4.69) is 10.3 Å². The van der Waals surface area contributed by atoms with Gasteiger partial charge in [0.1, 0.15) is 6.54 Å². The first-order chi connectivity index (χ1) is 18.7. The minimum Gasteiger partial charge on any atom is -0.393 e. The second kappa shape index (κ2) is 11.1. The fourth-order valence-electron chi connectivity index (χ4n) is 5.50. The summed E-state index contributed by atoms with van der Waals surface area (Å²) in [5.41, 5.74) is -3.86. The molecule has 0 spiro atoms. The van der Waals surface area contributed by atoms with Crippen LogP contribution in [0.2, 0.25) is 0 Å². The van der Waals surface area contributed by atoms with Crippen LogP contribution < -0.4 is 5.32 Å². The van der Waals surface area contributed by atoms with Crippen molar-refractivity contribution in [1.29, 1.82) is 0 Å². The van der Waals surface area contributed by atoms with Gasteiger partial charge >= 0.3 is 12.4 Å². The monoisotopic (exact) mass is 571 g/mol. The summed E-state index contributed by atoms with van der Waals surface area (Å²) in [6.45, 7) is 3.25. The van der Waals surface area contributed by atoms with Gasteiger partial charge in [-0.2, -0.15) is 26.3 Å². The summed E-state index contributed by atoms with van der Waals surface area (Å²) in [5.74, 6) is -0.190. The van der Waals surface area contributed by atoms with Crippen LogP contribution in [0.3, 0.4) is 0 Å². The Balaban J connectivity index is 1.62. The van der Waals surface area contributed by atoms with Gasteiger partial charge in [-0.1, -0.05) is 30.3 Å². The Labute approximate surface area is 228 Å². The number of rotatable bonds is 8. The van der Waals surface area contributed by atoms with E-state index in [-0.39, 0.29) is 43.7 Å². The number of aliphatic hydroxyl groups excluding tert-OH is 1. The number of carbonyl (C=O) groups excluding carboxylic acids is 1. The van der Waals surface area contributed by atoms with Gasteiger partial charge in [-0.05, 0) is 62.4 Å². The van der Waals surface area contributed by atoms with Crippen molar-refractivity contribution in [3.63, 3.8) is 0 Å². The van der Waals surface area contributed by atoms with Crippen LogP contribution in [0.1, 0.15) is 61.5 Å². The van der Waals surface area contributed by atoms with E-state index in [0.29, 0.717) is 25.0 Å². The van der Waals surface area contributed by atoms with E-state index in [9.17, 15) is 36.2 Å². The second-order valence-electron chi connectivity index (χ2n) is 10.6. The molecule has 2 aromatic rings. The van der Waals surface area contributed by atoms with Gasteiger partial charge in [0.15, 0.2) is 0 Å². The molecule has 1 amide bonds. The van der Waals surface area contributed by atoms with Crippen LogP contribution in [0.4, 0.5) is 26.3 Å². The van der Waals surface area contributed by atoms with Crippen LogP contribution in [0.15, 0.2) is 53.5 Å². The van der Waals surface area contributed by atoms with Crippen molar-refractivity contribution in [2.45, 2.75) is 68.7 Å². The van der Waals surface area contributed by atoms with Crippen LogP contribution in [-0.4, -0.2) is 53.6 Å². The molecular formula is C28H31F6N3O3. The van der Waals surface area contributed by atoms with Gasteiger partial charge in [-0.3, -0.25) is 14.7 Å². The van der Waals surface area contributed by atoms with E-state index in [0.717, 1.165) is 5.56 Å². The number of ether oxygens (including phenoxy) is 1. The fraction of sp³-hybridized carbons (Fsp3) is 0.500. The molecule has 2 aliphatic rings. The molecular weight excluding hydrogens is 540 g/mol. The molecule has 6 nitrogen and oxygen atoms in total. The lowest BCUT2D eigenvalue weighted by atomic mass is 9.73. The lowest BCUT2D eigenvalue weighted by Crippen LogP contribution is -2.65. The molecule has 2 heterocycles. The van der Waals surface area contributed by atoms with E-state index in [1.54, 1.807) is 11.8 Å². The molecule has 12 heteroatoms. The summed E-state index contributed by atoms with van der Waals surface area (Å²) in [6, 6.07) is 10.6. The summed E-state index contributed by atoms with van der Waals surface area (Å²) in [7, 11) is 0. The number of nitrogens with zero attached hydrogens (tertiary/aromatic N) is 2. The lowest BCUT2D eigenvalue weighted by Gasteiger charge is -2.51. The zero-order valence-electron chi connectivity index (χ0n) is 22.0. The third kappa shape index (κ3) is 6.34. The van der Waals surface area contributed by atoms with Crippen LogP contribution in [0.5, 0.6) is 0 Å². The normalized spacial score (nSPS) is 25.3. The molecule has 2 N–H and O–H groups in total. The van der Waals surface area contributed by atoms with Crippen molar-refractivity contribution in [3.8, 4) is 0 Å². The predicted octanol–water partition coefficient (Wildman–Crippen LogP) is 5.46. The Morgan fingerprint density at radius 2 is 1.65 bits per heavy atom. The number of benzene rings is 2. The van der Waals surface area contributed by atoms with Crippen molar-refractivity contribution < 1.29 is 41.0 Å². The smallest absolute Gasteiger partial charge is 0.393 e. The topological polar surface area (TPSA) is 74.2 Å². The standard InChI is InChI=1S/C28H31F6N3O3/c1-18(38)13-25(37-17-35-14-24(37)39)8-9-26(36-15-25,21-6-4-3-5-7-21)16-40-19(2)20-10-22(27(29,30)31)12-23(11-20)28(32,33)34/h3-7,10-12,17-19,36,38H,8-9,13-16H2,1-2H3/t18-,19+,25+,26+/m0/s1.